The van der Waals surface area contributed by atoms with Gasteiger partial charge in [-0.05, 0) is 57.8 Å². The van der Waals surface area contributed by atoms with E-state index >= 15 is 0 Å². The highest BCUT2D eigenvalue weighted by Crippen LogP contribution is 2.11. The average Bonchev–Trinajstić information content (AvgIpc) is 2.70. The van der Waals surface area contributed by atoms with Gasteiger partial charge in [0.05, 0.1) is 6.61 Å². The zero-order chi connectivity index (χ0) is 25.7. The smallest absolute Gasteiger partial charge is 0.325 e. The molecule has 0 radical (unpaired) electrons. The minimum atomic E-state index is -1.00. The molecule has 0 fully saturated rings. The third-order valence-electron chi connectivity index (χ3n) is 3.15. The number of carboxylic acids is 1. The minimum absolute atomic E-state index is 0.00559. The van der Waals surface area contributed by atoms with Crippen LogP contribution in [0.15, 0.2) is 0 Å². The highest BCUT2D eigenvalue weighted by molar-refractivity contribution is 6.28. The van der Waals surface area contributed by atoms with E-state index in [9.17, 15) is 9.59 Å². The lowest BCUT2D eigenvalue weighted by Crippen LogP contribution is -2.19. The summed E-state index contributed by atoms with van der Waals surface area (Å²) in [7, 11) is 0. The molecule has 0 amide bonds. The van der Waals surface area contributed by atoms with Crippen LogP contribution >= 0.6 is 23.2 Å². The van der Waals surface area contributed by atoms with Gasteiger partial charge in [-0.3, -0.25) is 9.59 Å². The average molecular weight is 519 g/mol. The Labute approximate surface area is 206 Å². The molecule has 14 nitrogen and oxygen atoms in total. The molecule has 2 aromatic heterocycles. The maximum Gasteiger partial charge on any atom is 0.325 e. The number of halogens is 2. The molecule has 2 heterocycles. The molecule has 0 atom stereocenters. The first kappa shape index (κ1) is 28.8. The van der Waals surface area contributed by atoms with Crippen molar-refractivity contribution in [3.63, 3.8) is 0 Å². The first-order valence-electron chi connectivity index (χ1n) is 10.2. The number of carbonyl (C=O) groups excluding carboxylic acids is 1. The Kier molecular flexibility index (Phi) is 12.5. The molecule has 16 heteroatoms. The van der Waals surface area contributed by atoms with Crippen LogP contribution in [0.1, 0.15) is 34.6 Å². The van der Waals surface area contributed by atoms with Gasteiger partial charge in [-0.2, -0.15) is 29.9 Å². The van der Waals surface area contributed by atoms with Crippen molar-refractivity contribution < 1.29 is 19.4 Å². The summed E-state index contributed by atoms with van der Waals surface area (Å²) in [6.45, 7) is 9.51. The number of nitrogens with one attached hydrogen (secondary N) is 4. The van der Waals surface area contributed by atoms with Crippen molar-refractivity contribution in [3.05, 3.63) is 10.6 Å². The van der Waals surface area contributed by atoms with Crippen molar-refractivity contribution in [2.45, 2.75) is 46.7 Å². The summed E-state index contributed by atoms with van der Waals surface area (Å²) in [5, 5.41) is 19.7. The SMILES string of the molecule is CC(C)Nc1nc(Cl)nc(NCC(=O)O)n1.CCOC(=O)CNc1nc(Cl)nc(NC(C)C)n1. The predicted molar refractivity (Wildman–Crippen MR) is 128 cm³/mol. The van der Waals surface area contributed by atoms with Crippen molar-refractivity contribution >= 4 is 58.9 Å². The molecule has 0 aliphatic rings. The molecule has 0 aromatic carbocycles. The Morgan fingerprint density at radius 1 is 0.794 bits per heavy atom. The number of aromatic nitrogens is 6. The van der Waals surface area contributed by atoms with Crippen LogP contribution in [0, 0.1) is 0 Å². The van der Waals surface area contributed by atoms with E-state index in [0.717, 1.165) is 0 Å². The molecule has 0 bridgehead atoms. The maximum atomic E-state index is 11.2. The van der Waals surface area contributed by atoms with Crippen molar-refractivity contribution in [1.82, 2.24) is 29.9 Å². The molecule has 0 spiro atoms. The van der Waals surface area contributed by atoms with E-state index in [1.54, 1.807) is 6.92 Å². The van der Waals surface area contributed by atoms with Crippen molar-refractivity contribution in [3.8, 4) is 0 Å². The van der Waals surface area contributed by atoms with Crippen LogP contribution in [0.25, 0.3) is 0 Å². The normalized spacial score (nSPS) is 10.3. The van der Waals surface area contributed by atoms with Crippen molar-refractivity contribution in [2.75, 3.05) is 41.0 Å². The van der Waals surface area contributed by atoms with Crippen molar-refractivity contribution in [2.24, 2.45) is 0 Å². The molecular formula is C18H28Cl2N10O4. The van der Waals surface area contributed by atoms with E-state index in [1.807, 2.05) is 27.7 Å². The Bertz CT molecular complexity index is 949. The fourth-order valence-electron chi connectivity index (χ4n) is 2.02. The molecular weight excluding hydrogens is 491 g/mol. The summed E-state index contributed by atoms with van der Waals surface area (Å²) < 4.78 is 4.77. The summed E-state index contributed by atoms with van der Waals surface area (Å²) in [6.07, 6.45) is 0. The zero-order valence-corrected chi connectivity index (χ0v) is 20.9. The van der Waals surface area contributed by atoms with Gasteiger partial charge in [0, 0.05) is 12.1 Å². The van der Waals surface area contributed by atoms with Crippen LogP contribution in [-0.4, -0.2) is 78.7 Å². The Hall–Kier alpha value is -3.26. The molecule has 2 rings (SSSR count). The van der Waals surface area contributed by atoms with E-state index in [4.69, 9.17) is 33.0 Å². The van der Waals surface area contributed by atoms with Gasteiger partial charge in [0.15, 0.2) is 0 Å². The molecule has 2 aromatic rings. The van der Waals surface area contributed by atoms with Gasteiger partial charge < -0.3 is 31.1 Å². The van der Waals surface area contributed by atoms with Gasteiger partial charge in [0.2, 0.25) is 34.4 Å². The fraction of sp³-hybridized carbons (Fsp3) is 0.556. The van der Waals surface area contributed by atoms with Crippen LogP contribution in [0.2, 0.25) is 10.6 Å². The van der Waals surface area contributed by atoms with Gasteiger partial charge in [-0.15, -0.1) is 0 Å². The van der Waals surface area contributed by atoms with Gasteiger partial charge in [0.25, 0.3) is 0 Å². The van der Waals surface area contributed by atoms with Crippen LogP contribution in [0.4, 0.5) is 23.8 Å². The monoisotopic (exact) mass is 518 g/mol. The molecule has 188 valence electrons. The number of hydrogen-bond donors (Lipinski definition) is 5. The van der Waals surface area contributed by atoms with Gasteiger partial charge in [-0.25, -0.2) is 0 Å². The number of carboxylic acid groups (broad SMARTS) is 1. The quantitative estimate of drug-likeness (QED) is 0.272. The van der Waals surface area contributed by atoms with E-state index < -0.39 is 5.97 Å². The summed E-state index contributed by atoms with van der Waals surface area (Å²) in [5.74, 6) is -0.363. The van der Waals surface area contributed by atoms with E-state index in [2.05, 4.69) is 51.2 Å². The number of aliphatic carboxylic acids is 1. The van der Waals surface area contributed by atoms with E-state index in [1.165, 1.54) is 0 Å². The summed E-state index contributed by atoms with van der Waals surface area (Å²) in [4.78, 5) is 44.9. The number of hydrogen-bond acceptors (Lipinski definition) is 13. The Balaban J connectivity index is 0.000000342. The Morgan fingerprint density at radius 3 is 1.59 bits per heavy atom. The second kappa shape index (κ2) is 14.8. The highest BCUT2D eigenvalue weighted by atomic mass is 35.5. The molecule has 5 N–H and O–H groups in total. The van der Waals surface area contributed by atoms with Crippen LogP contribution in [0.3, 0.4) is 0 Å². The fourth-order valence-corrected chi connectivity index (χ4v) is 2.34. The summed E-state index contributed by atoms with van der Waals surface area (Å²) in [5.41, 5.74) is 0. The van der Waals surface area contributed by atoms with E-state index in [-0.39, 0.29) is 53.6 Å². The van der Waals surface area contributed by atoms with Crippen LogP contribution in [-0.2, 0) is 14.3 Å². The topological polar surface area (TPSA) is 189 Å². The second-order valence-corrected chi connectivity index (χ2v) is 7.68. The number of carbonyl (C=O) groups is 2. The highest BCUT2D eigenvalue weighted by Gasteiger charge is 2.08. The van der Waals surface area contributed by atoms with Crippen molar-refractivity contribution in [1.29, 1.82) is 0 Å². The molecule has 34 heavy (non-hydrogen) atoms. The number of esters is 1. The molecule has 0 aliphatic carbocycles. The lowest BCUT2D eigenvalue weighted by molar-refractivity contribution is -0.141. The lowest BCUT2D eigenvalue weighted by atomic mass is 10.4. The van der Waals surface area contributed by atoms with Gasteiger partial charge >= 0.3 is 11.9 Å². The van der Waals surface area contributed by atoms with E-state index in [0.29, 0.717) is 18.5 Å². The van der Waals surface area contributed by atoms with Gasteiger partial charge in [-0.1, -0.05) is 0 Å². The second-order valence-electron chi connectivity index (χ2n) is 7.01. The number of ether oxygens (including phenoxy) is 1. The maximum absolute atomic E-state index is 11.2. The molecule has 0 saturated heterocycles. The predicted octanol–water partition coefficient (Wildman–Crippen LogP) is 2.16. The number of anilines is 4. The molecule has 0 aliphatic heterocycles. The molecule has 0 saturated carbocycles. The lowest BCUT2D eigenvalue weighted by Gasteiger charge is -2.10. The number of nitrogens with zero attached hydrogens (tertiary/aromatic N) is 6. The number of rotatable bonds is 11. The minimum Gasteiger partial charge on any atom is -0.480 e. The third kappa shape index (κ3) is 12.7. The first-order valence-corrected chi connectivity index (χ1v) is 10.9. The standard InChI is InChI=1S/C10H16ClN5O2.C8H12ClN5O2/c1-4-18-7(17)5-12-9-14-8(11)15-10(16-9)13-6(2)3;1-4(2)11-8-13-6(9)12-7(14-8)10-3-5(15)16/h6H,4-5H2,1-3H3,(H2,12,13,14,15,16);4H,3H2,1-2H3,(H,15,16)(H2,10,11,12,13,14). The van der Waals surface area contributed by atoms with Gasteiger partial charge in [0.1, 0.15) is 13.1 Å². The largest absolute Gasteiger partial charge is 0.480 e. The summed E-state index contributed by atoms with van der Waals surface area (Å²) >= 11 is 11.4. The first-order chi connectivity index (χ1) is 16.0. The van der Waals surface area contributed by atoms with Crippen LogP contribution < -0.4 is 21.3 Å². The third-order valence-corrected chi connectivity index (χ3v) is 3.48. The molecule has 0 unspecified atom stereocenters. The Morgan fingerprint density at radius 2 is 1.21 bits per heavy atom. The van der Waals surface area contributed by atoms with Crippen LogP contribution in [0.5, 0.6) is 0 Å². The summed E-state index contributed by atoms with van der Waals surface area (Å²) in [6, 6.07) is 0.312. The zero-order valence-electron chi connectivity index (χ0n) is 19.4.